The molecule has 12 heteroatoms. The summed E-state index contributed by atoms with van der Waals surface area (Å²) in [5.41, 5.74) is 8.31. The molecule has 4 fully saturated rings. The SMILES string of the molecule is CC1(C)C2c3c4nc(c(c5ccc([nH]5)c5c6nc(c(c7ccc3[nH]7)C3[C@@H](C(=O)OCCCCCCCCCCCCCCOC(=O)[C@@H]7C5C7(C)C)C3(C)C)C=C6)C3[C@@H](C(=O)OCCCCCCCCCCCCCCOC(=O)[C@H]21)C3(C)C)C=C4. The van der Waals surface area contributed by atoms with Crippen molar-refractivity contribution in [1.82, 2.24) is 19.9 Å². The summed E-state index contributed by atoms with van der Waals surface area (Å²) in [6.45, 7) is 19.0. The highest BCUT2D eigenvalue weighted by molar-refractivity contribution is 5.91. The summed E-state index contributed by atoms with van der Waals surface area (Å²) in [7, 11) is 0. The maximum atomic E-state index is 14.4. The molecule has 3 aromatic rings. The van der Waals surface area contributed by atoms with Gasteiger partial charge in [-0.05, 0) is 95.9 Å². The van der Waals surface area contributed by atoms with E-state index in [0.29, 0.717) is 26.4 Å². The van der Waals surface area contributed by atoms with Gasteiger partial charge in [-0.2, -0.15) is 0 Å². The molecule has 4 unspecified atom stereocenters. The van der Waals surface area contributed by atoms with Crippen molar-refractivity contribution in [2.45, 2.75) is 233 Å². The predicted molar refractivity (Wildman–Crippen MR) is 334 cm³/mol. The smallest absolute Gasteiger partial charge is 0.310 e. The number of carbonyl (C=O) groups is 4. The Morgan fingerprint density at radius 2 is 0.476 bits per heavy atom. The molecule has 0 radical (unpaired) electrons. The summed E-state index contributed by atoms with van der Waals surface area (Å²) < 4.78 is 24.7. The number of nitrogens with one attached hydrogen (secondary N) is 2. The van der Waals surface area contributed by atoms with Crippen LogP contribution in [0.4, 0.5) is 0 Å². The quantitative estimate of drug-likeness (QED) is 0.113. The molecule has 8 aliphatic rings. The first-order valence-corrected chi connectivity index (χ1v) is 33.3. The molecule has 3 aromatic heterocycles. The van der Waals surface area contributed by atoms with Gasteiger partial charge in [-0.1, -0.05) is 184 Å². The van der Waals surface area contributed by atoms with Crippen LogP contribution < -0.4 is 0 Å². The van der Waals surface area contributed by atoms with E-state index >= 15 is 0 Å². The molecule has 454 valence electrons. The minimum absolute atomic E-state index is 0.175. The van der Waals surface area contributed by atoms with Crippen molar-refractivity contribution >= 4 is 70.2 Å². The van der Waals surface area contributed by atoms with Gasteiger partial charge in [0.05, 0.1) is 72.9 Å². The standard InChI is InChI=1S/C72H98N4O8/c1-69(2)57-53-45-33-34-46(73-45)54(58-62(70(58,3)4)66(78)82-42-30-26-22-18-14-10-9-13-17-21-25-29-41-81-65(77)61(57)69)51-39-40-52(76-51)56-48-36-35-47(74-48)55(50-38-37-49(53)75-50)59-63(71(59,5)6)67(79)83-43-31-27-23-19-15-11-12-16-20-24-28-32-44-84-68(80)64-60(56)72(64,7)8/h33-40,57-64,75-76H,9-32,41-44H2,1-8H3/t57?,58?,59?,60?,61-,62-,63-,64-/m0/s1. The van der Waals surface area contributed by atoms with E-state index < -0.39 is 45.3 Å². The lowest BCUT2D eigenvalue weighted by Crippen LogP contribution is -2.11. The lowest BCUT2D eigenvalue weighted by atomic mass is 10.0. The third-order valence-electron chi connectivity index (χ3n) is 21.5. The molecular formula is C72H98N4O8. The van der Waals surface area contributed by atoms with E-state index in [0.717, 1.165) is 144 Å². The molecule has 0 aromatic carbocycles. The Labute approximate surface area is 500 Å². The zero-order valence-electron chi connectivity index (χ0n) is 52.2. The van der Waals surface area contributed by atoms with Gasteiger partial charge in [0.1, 0.15) is 0 Å². The van der Waals surface area contributed by atoms with E-state index in [2.05, 4.69) is 114 Å². The number of nitrogens with zero attached hydrogens (tertiary/aromatic N) is 2. The molecular weight excluding hydrogens is 1050 g/mol. The summed E-state index contributed by atoms with van der Waals surface area (Å²) in [5, 5.41) is 0. The average Bonchev–Trinajstić information content (AvgIpc) is 1.59. The van der Waals surface area contributed by atoms with E-state index in [1.54, 1.807) is 0 Å². The van der Waals surface area contributed by atoms with Crippen molar-refractivity contribution in [3.05, 3.63) is 69.3 Å². The van der Waals surface area contributed by atoms with Crippen LogP contribution in [0.2, 0.25) is 0 Å². The lowest BCUT2D eigenvalue weighted by Gasteiger charge is -2.08. The molecule has 2 N–H and O–H groups in total. The second-order valence-corrected chi connectivity index (χ2v) is 28.9. The van der Waals surface area contributed by atoms with Crippen molar-refractivity contribution in [2.24, 2.45) is 45.3 Å². The predicted octanol–water partition coefficient (Wildman–Crippen LogP) is 17.2. The van der Waals surface area contributed by atoms with Crippen LogP contribution in [0.3, 0.4) is 0 Å². The van der Waals surface area contributed by atoms with Gasteiger partial charge in [-0.15, -0.1) is 0 Å². The monoisotopic (exact) mass is 1150 g/mol. The Balaban J connectivity index is 1.08. The lowest BCUT2D eigenvalue weighted by molar-refractivity contribution is -0.147. The first-order chi connectivity index (χ1) is 40.5. The number of cyclic esters (lactones) is 4. The van der Waals surface area contributed by atoms with Gasteiger partial charge in [-0.3, -0.25) is 19.2 Å². The van der Waals surface area contributed by atoms with Crippen molar-refractivity contribution in [3.63, 3.8) is 0 Å². The fourth-order valence-corrected chi connectivity index (χ4v) is 16.1. The molecule has 4 saturated carbocycles. The molecule has 11 rings (SSSR count). The Bertz CT molecular complexity index is 2760. The molecule has 0 saturated heterocycles. The van der Waals surface area contributed by atoms with Gasteiger partial charge in [0.25, 0.3) is 0 Å². The zero-order chi connectivity index (χ0) is 59.0. The molecule has 0 spiro atoms. The van der Waals surface area contributed by atoms with E-state index in [-0.39, 0.29) is 47.5 Å². The van der Waals surface area contributed by atoms with Gasteiger partial charge in [0.2, 0.25) is 0 Å². The van der Waals surface area contributed by atoms with E-state index in [4.69, 9.17) is 28.9 Å². The number of rotatable bonds is 0. The summed E-state index contributed by atoms with van der Waals surface area (Å²) in [6.07, 6.45) is 35.2. The second kappa shape index (κ2) is 25.1. The Morgan fingerprint density at radius 1 is 0.298 bits per heavy atom. The largest absolute Gasteiger partial charge is 0.465 e. The number of hydrogen-bond donors (Lipinski definition) is 2. The third kappa shape index (κ3) is 12.3. The van der Waals surface area contributed by atoms with Gasteiger partial charge in [0.15, 0.2) is 0 Å². The number of ether oxygens (including phenoxy) is 4. The van der Waals surface area contributed by atoms with E-state index in [9.17, 15) is 19.2 Å². The highest BCUT2D eigenvalue weighted by atomic mass is 16.5. The first kappa shape index (κ1) is 60.2. The van der Waals surface area contributed by atoms with Crippen LogP contribution >= 0.6 is 0 Å². The van der Waals surface area contributed by atoms with Crippen LogP contribution in [-0.4, -0.2) is 70.2 Å². The number of esters is 4. The maximum absolute atomic E-state index is 14.4. The Hall–Kier alpha value is -5.52. The minimum atomic E-state index is -0.447. The molecule has 7 heterocycles. The number of aromatic amines is 2. The van der Waals surface area contributed by atoms with Gasteiger partial charge in [-0.25, -0.2) is 9.97 Å². The summed E-state index contributed by atoms with van der Waals surface area (Å²) in [5.74, 6) is -3.20. The highest BCUT2D eigenvalue weighted by Crippen LogP contribution is 2.70. The fraction of sp³-hybridized carbons (Fsp3) is 0.667. The zero-order valence-corrected chi connectivity index (χ0v) is 52.2. The molecule has 84 heavy (non-hydrogen) atoms. The number of hydrogen-bond acceptors (Lipinski definition) is 10. The van der Waals surface area contributed by atoms with Crippen LogP contribution in [0.15, 0.2) is 24.3 Å². The van der Waals surface area contributed by atoms with Gasteiger partial charge < -0.3 is 28.9 Å². The molecule has 12 nitrogen and oxygen atoms in total. The van der Waals surface area contributed by atoms with E-state index in [1.807, 2.05) is 0 Å². The van der Waals surface area contributed by atoms with Crippen molar-refractivity contribution in [1.29, 1.82) is 0 Å². The fourth-order valence-electron chi connectivity index (χ4n) is 16.1. The normalized spacial score (nSPS) is 29.8. The topological polar surface area (TPSA) is 163 Å². The van der Waals surface area contributed by atoms with Crippen LogP contribution in [0, 0.1) is 45.3 Å². The minimum Gasteiger partial charge on any atom is -0.465 e. The second-order valence-electron chi connectivity index (χ2n) is 28.9. The van der Waals surface area contributed by atoms with Crippen molar-refractivity contribution in [3.8, 4) is 0 Å². The van der Waals surface area contributed by atoms with Gasteiger partial charge >= 0.3 is 23.9 Å². The number of aromatic nitrogens is 4. The van der Waals surface area contributed by atoms with Crippen molar-refractivity contribution in [2.75, 3.05) is 26.4 Å². The molecule has 0 amide bonds. The summed E-state index contributed by atoms with van der Waals surface area (Å²) in [6, 6.07) is 8.46. The Kier molecular flexibility index (Phi) is 18.0. The average molecular weight is 1150 g/mol. The highest BCUT2D eigenvalue weighted by Gasteiger charge is 2.68. The molecule has 4 aliphatic carbocycles. The van der Waals surface area contributed by atoms with Crippen LogP contribution in [0.25, 0.3) is 46.4 Å². The number of carbonyl (C=O) groups excluding carboxylic acids is 4. The van der Waals surface area contributed by atoms with Gasteiger partial charge in [0, 0.05) is 68.0 Å². The van der Waals surface area contributed by atoms with Crippen molar-refractivity contribution < 1.29 is 38.1 Å². The number of fused-ring (bicyclic) bond motifs is 16. The molecule has 4 aliphatic heterocycles. The summed E-state index contributed by atoms with van der Waals surface area (Å²) in [4.78, 5) is 76.9. The van der Waals surface area contributed by atoms with E-state index in [1.165, 1.54) is 77.0 Å². The van der Waals surface area contributed by atoms with Crippen LogP contribution in [-0.2, 0) is 38.1 Å². The Morgan fingerprint density at radius 3 is 0.667 bits per heavy atom. The first-order valence-electron chi connectivity index (χ1n) is 33.3. The third-order valence-corrected chi connectivity index (χ3v) is 21.5. The van der Waals surface area contributed by atoms with Crippen LogP contribution in [0.1, 0.15) is 278 Å². The summed E-state index contributed by atoms with van der Waals surface area (Å²) >= 11 is 0. The molecule has 12 bridgehead atoms. The number of H-pyrrole nitrogens is 2. The molecule has 8 atom stereocenters. The van der Waals surface area contributed by atoms with Crippen LogP contribution in [0.5, 0.6) is 0 Å². The maximum Gasteiger partial charge on any atom is 0.310 e.